The largest absolute Gasteiger partial charge is 0.497 e. The number of pyridine rings is 1. The third-order valence-electron chi connectivity index (χ3n) is 4.20. The standard InChI is InChI=1S/C20H19N3O6S/c1-14-4-3-5-18(23(24)25)20(14)30(26,27)22-13-15-10-11-21-19(12-15)29-17-8-6-16(28-2)7-9-17/h3-12,22H,13H2,1-2H3. The highest BCUT2D eigenvalue weighted by atomic mass is 32.2. The molecule has 1 heterocycles. The third-order valence-corrected chi connectivity index (χ3v) is 5.80. The molecule has 0 aliphatic rings. The lowest BCUT2D eigenvalue weighted by Gasteiger charge is -2.11. The van der Waals surface area contributed by atoms with Gasteiger partial charge in [-0.1, -0.05) is 12.1 Å². The number of nitro groups is 1. The predicted octanol–water partition coefficient (Wildman–Crippen LogP) is 3.58. The van der Waals surface area contributed by atoms with Crippen LogP contribution in [0.25, 0.3) is 0 Å². The van der Waals surface area contributed by atoms with Gasteiger partial charge in [-0.2, -0.15) is 0 Å². The molecule has 0 spiro atoms. The fraction of sp³-hybridized carbons (Fsp3) is 0.150. The Morgan fingerprint density at radius 1 is 1.10 bits per heavy atom. The number of nitro benzene ring substituents is 1. The Morgan fingerprint density at radius 2 is 1.80 bits per heavy atom. The second kappa shape index (κ2) is 8.89. The van der Waals surface area contributed by atoms with Crippen molar-refractivity contribution in [2.75, 3.05) is 7.11 Å². The van der Waals surface area contributed by atoms with Crippen LogP contribution in [0.5, 0.6) is 17.4 Å². The summed E-state index contributed by atoms with van der Waals surface area (Å²) in [6.07, 6.45) is 1.48. The van der Waals surface area contributed by atoms with Crippen molar-refractivity contribution >= 4 is 15.7 Å². The molecule has 1 aromatic heterocycles. The number of methoxy groups -OCH3 is 1. The lowest BCUT2D eigenvalue weighted by molar-refractivity contribution is -0.387. The summed E-state index contributed by atoms with van der Waals surface area (Å²) in [5, 5.41) is 11.2. The van der Waals surface area contributed by atoms with Gasteiger partial charge in [0.1, 0.15) is 11.5 Å². The first-order valence-electron chi connectivity index (χ1n) is 8.80. The smallest absolute Gasteiger partial charge is 0.289 e. The zero-order valence-corrected chi connectivity index (χ0v) is 17.0. The second-order valence-electron chi connectivity index (χ2n) is 6.28. The minimum absolute atomic E-state index is 0.0880. The molecule has 0 bridgehead atoms. The van der Waals surface area contributed by atoms with Crippen molar-refractivity contribution in [3.63, 3.8) is 0 Å². The van der Waals surface area contributed by atoms with Crippen LogP contribution >= 0.6 is 0 Å². The maximum atomic E-state index is 12.7. The second-order valence-corrected chi connectivity index (χ2v) is 7.99. The van der Waals surface area contributed by atoms with Crippen LogP contribution < -0.4 is 14.2 Å². The van der Waals surface area contributed by atoms with E-state index in [0.29, 0.717) is 17.1 Å². The number of sulfonamides is 1. The van der Waals surface area contributed by atoms with Gasteiger partial charge in [-0.15, -0.1) is 0 Å². The molecule has 3 rings (SSSR count). The lowest BCUT2D eigenvalue weighted by atomic mass is 10.2. The normalized spacial score (nSPS) is 11.1. The fourth-order valence-electron chi connectivity index (χ4n) is 2.76. The average molecular weight is 429 g/mol. The number of ether oxygens (including phenoxy) is 2. The van der Waals surface area contributed by atoms with Gasteiger partial charge in [0.25, 0.3) is 5.69 Å². The van der Waals surface area contributed by atoms with Crippen LogP contribution in [0.1, 0.15) is 11.1 Å². The van der Waals surface area contributed by atoms with Crippen molar-refractivity contribution in [1.82, 2.24) is 9.71 Å². The molecule has 2 aromatic carbocycles. The predicted molar refractivity (Wildman–Crippen MR) is 109 cm³/mol. The van der Waals surface area contributed by atoms with Crippen LogP contribution in [0.4, 0.5) is 5.69 Å². The Balaban J connectivity index is 1.76. The highest BCUT2D eigenvalue weighted by molar-refractivity contribution is 7.89. The van der Waals surface area contributed by atoms with Gasteiger partial charge in [-0.05, 0) is 48.4 Å². The SMILES string of the molecule is COc1ccc(Oc2cc(CNS(=O)(=O)c3c(C)cccc3[N+](=O)[O-])ccn2)cc1. The molecule has 30 heavy (non-hydrogen) atoms. The summed E-state index contributed by atoms with van der Waals surface area (Å²) >= 11 is 0. The van der Waals surface area contributed by atoms with Crippen molar-refractivity contribution in [3.05, 3.63) is 82.0 Å². The monoisotopic (exact) mass is 429 g/mol. The van der Waals surface area contributed by atoms with E-state index in [-0.39, 0.29) is 22.9 Å². The van der Waals surface area contributed by atoms with Crippen molar-refractivity contribution in [3.8, 4) is 17.4 Å². The van der Waals surface area contributed by atoms with Crippen LogP contribution in [-0.2, 0) is 16.6 Å². The first-order valence-corrected chi connectivity index (χ1v) is 10.3. The minimum Gasteiger partial charge on any atom is -0.497 e. The zero-order valence-electron chi connectivity index (χ0n) is 16.2. The zero-order chi connectivity index (χ0) is 21.7. The maximum Gasteiger partial charge on any atom is 0.289 e. The number of rotatable bonds is 8. The van der Waals surface area contributed by atoms with Crippen LogP contribution in [0, 0.1) is 17.0 Å². The summed E-state index contributed by atoms with van der Waals surface area (Å²) in [6, 6.07) is 14.2. The molecule has 9 nitrogen and oxygen atoms in total. The highest BCUT2D eigenvalue weighted by Gasteiger charge is 2.27. The molecule has 1 N–H and O–H groups in total. The highest BCUT2D eigenvalue weighted by Crippen LogP contribution is 2.27. The van der Waals surface area contributed by atoms with Crippen LogP contribution in [0.15, 0.2) is 65.7 Å². The molecule has 0 unspecified atom stereocenters. The summed E-state index contributed by atoms with van der Waals surface area (Å²) in [7, 11) is -2.55. The quantitative estimate of drug-likeness (QED) is 0.429. The van der Waals surface area contributed by atoms with E-state index in [1.807, 2.05) is 0 Å². The molecule has 3 aromatic rings. The summed E-state index contributed by atoms with van der Waals surface area (Å²) in [6.45, 7) is 1.42. The Labute approximate surface area is 173 Å². The van der Waals surface area contributed by atoms with Gasteiger partial charge >= 0.3 is 0 Å². The van der Waals surface area contributed by atoms with Gasteiger partial charge in [-0.25, -0.2) is 18.1 Å². The molecule has 10 heteroatoms. The van der Waals surface area contributed by atoms with Crippen LogP contribution in [0.3, 0.4) is 0 Å². The van der Waals surface area contributed by atoms with Gasteiger partial charge in [0.05, 0.1) is 12.0 Å². The van der Waals surface area contributed by atoms with E-state index in [2.05, 4.69) is 9.71 Å². The minimum atomic E-state index is -4.11. The molecular formula is C20H19N3O6S. The molecule has 0 saturated carbocycles. The molecule has 0 atom stereocenters. The van der Waals surface area contributed by atoms with E-state index in [0.717, 1.165) is 6.07 Å². The lowest BCUT2D eigenvalue weighted by Crippen LogP contribution is -2.25. The molecule has 0 aliphatic heterocycles. The van der Waals surface area contributed by atoms with E-state index in [4.69, 9.17) is 9.47 Å². The van der Waals surface area contributed by atoms with E-state index < -0.39 is 20.6 Å². The number of hydrogen-bond donors (Lipinski definition) is 1. The van der Waals surface area contributed by atoms with E-state index in [1.54, 1.807) is 43.5 Å². The molecule has 0 aliphatic carbocycles. The topological polar surface area (TPSA) is 121 Å². The van der Waals surface area contributed by atoms with Crippen LogP contribution in [-0.4, -0.2) is 25.4 Å². The summed E-state index contributed by atoms with van der Waals surface area (Å²) in [5.74, 6) is 1.50. The summed E-state index contributed by atoms with van der Waals surface area (Å²) < 4.78 is 38.6. The van der Waals surface area contributed by atoms with Gasteiger partial charge in [0.15, 0.2) is 4.90 Å². The van der Waals surface area contributed by atoms with Crippen molar-refractivity contribution < 1.29 is 22.8 Å². The maximum absolute atomic E-state index is 12.7. The van der Waals surface area contributed by atoms with Crippen molar-refractivity contribution in [2.24, 2.45) is 0 Å². The summed E-state index contributed by atoms with van der Waals surface area (Å²) in [5.41, 5.74) is 0.393. The summed E-state index contributed by atoms with van der Waals surface area (Å²) in [4.78, 5) is 14.3. The molecule has 0 radical (unpaired) electrons. The Hall–Kier alpha value is -3.50. The number of benzene rings is 2. The number of aromatic nitrogens is 1. The van der Waals surface area contributed by atoms with E-state index in [1.165, 1.54) is 25.3 Å². The van der Waals surface area contributed by atoms with Crippen LogP contribution in [0.2, 0.25) is 0 Å². The van der Waals surface area contributed by atoms with Gasteiger partial charge < -0.3 is 9.47 Å². The Bertz CT molecular complexity index is 1160. The number of hydrogen-bond acceptors (Lipinski definition) is 7. The number of nitrogens with one attached hydrogen (secondary N) is 1. The molecule has 0 saturated heterocycles. The Morgan fingerprint density at radius 3 is 2.47 bits per heavy atom. The molecule has 156 valence electrons. The van der Waals surface area contributed by atoms with Gasteiger partial charge in [-0.3, -0.25) is 10.1 Å². The third kappa shape index (κ3) is 4.91. The first-order chi connectivity index (χ1) is 14.3. The number of aryl methyl sites for hydroxylation is 1. The first kappa shape index (κ1) is 21.2. The number of nitrogens with zero attached hydrogens (tertiary/aromatic N) is 2. The van der Waals surface area contributed by atoms with Gasteiger partial charge in [0.2, 0.25) is 15.9 Å². The average Bonchev–Trinajstić information content (AvgIpc) is 2.73. The van der Waals surface area contributed by atoms with Crippen molar-refractivity contribution in [2.45, 2.75) is 18.4 Å². The van der Waals surface area contributed by atoms with Gasteiger partial charge in [0, 0.05) is 24.9 Å². The molecular weight excluding hydrogens is 410 g/mol. The molecule has 0 amide bonds. The van der Waals surface area contributed by atoms with Crippen molar-refractivity contribution in [1.29, 1.82) is 0 Å². The fourth-order valence-corrected chi connectivity index (χ4v) is 4.17. The van der Waals surface area contributed by atoms with E-state index in [9.17, 15) is 18.5 Å². The molecule has 0 fully saturated rings. The Kier molecular flexibility index (Phi) is 6.28. The van der Waals surface area contributed by atoms with E-state index >= 15 is 0 Å².